The van der Waals surface area contributed by atoms with E-state index < -0.39 is 6.09 Å². The van der Waals surface area contributed by atoms with Gasteiger partial charge in [-0.3, -0.25) is 4.90 Å². The maximum atomic E-state index is 13.0. The van der Waals surface area contributed by atoms with E-state index in [-0.39, 0.29) is 11.8 Å². The number of nitrogens with one attached hydrogen (secondary N) is 1. The van der Waals surface area contributed by atoms with E-state index in [2.05, 4.69) is 43.2 Å². The third-order valence-corrected chi connectivity index (χ3v) is 5.51. The summed E-state index contributed by atoms with van der Waals surface area (Å²) in [5.74, 6) is 1.35. The number of tetrazole rings is 1. The summed E-state index contributed by atoms with van der Waals surface area (Å²) in [6.45, 7) is 0.257. The van der Waals surface area contributed by atoms with Crippen LogP contribution >= 0.6 is 24.0 Å². The molecule has 4 rings (SSSR count). The number of aromatic nitrogens is 6. The van der Waals surface area contributed by atoms with Gasteiger partial charge in [0, 0.05) is 18.2 Å². The van der Waals surface area contributed by atoms with Crippen LogP contribution in [0.3, 0.4) is 0 Å². The van der Waals surface area contributed by atoms with Crippen LogP contribution in [0.1, 0.15) is 17.8 Å². The van der Waals surface area contributed by atoms with Crippen molar-refractivity contribution >= 4 is 46.2 Å². The van der Waals surface area contributed by atoms with Crippen LogP contribution in [-0.2, 0) is 6.42 Å². The van der Waals surface area contributed by atoms with Crippen LogP contribution in [0.5, 0.6) is 5.75 Å². The van der Waals surface area contributed by atoms with Gasteiger partial charge in [0.15, 0.2) is 5.82 Å². The molecule has 0 aliphatic heterocycles. The number of hydrogen-bond acceptors (Lipinski definition) is 10. The highest BCUT2D eigenvalue weighted by Crippen LogP contribution is 2.23. The molecular weight excluding hydrogens is 436 g/mol. The summed E-state index contributed by atoms with van der Waals surface area (Å²) in [4.78, 5) is 24.0. The molecule has 31 heavy (non-hydrogen) atoms. The molecule has 1 unspecified atom stereocenters. The normalized spacial score (nSPS) is 11.7. The fourth-order valence-electron chi connectivity index (χ4n) is 2.79. The van der Waals surface area contributed by atoms with Crippen molar-refractivity contribution in [3.8, 4) is 11.8 Å². The number of carbonyl (C=O) groups excluding carboxylic acids is 1. The van der Waals surface area contributed by atoms with Crippen molar-refractivity contribution in [3.63, 3.8) is 0 Å². The van der Waals surface area contributed by atoms with E-state index in [4.69, 9.17) is 10.00 Å². The monoisotopic (exact) mass is 452 g/mol. The largest absolute Gasteiger partial charge is 0.420 e. The summed E-state index contributed by atoms with van der Waals surface area (Å²) in [6, 6.07) is 11.9. The molecule has 1 N–H and O–H groups in total. The summed E-state index contributed by atoms with van der Waals surface area (Å²) in [7, 11) is 0. The Morgan fingerprint density at radius 1 is 1.29 bits per heavy atom. The molecule has 12 heteroatoms. The Hall–Kier alpha value is -3.56. The van der Waals surface area contributed by atoms with Crippen molar-refractivity contribution in [2.24, 2.45) is 0 Å². The number of aromatic amines is 1. The Morgan fingerprint density at radius 3 is 2.87 bits per heavy atom. The number of aryl methyl sites for hydroxylation is 1. The topological polar surface area (TPSA) is 134 Å². The fraction of sp³-hybridized carbons (Fsp3) is 0.211. The van der Waals surface area contributed by atoms with E-state index in [0.717, 1.165) is 10.3 Å². The first-order chi connectivity index (χ1) is 15.1. The van der Waals surface area contributed by atoms with Gasteiger partial charge in [0.05, 0.1) is 17.1 Å². The summed E-state index contributed by atoms with van der Waals surface area (Å²) in [6.07, 6.45) is 0.580. The highest BCUT2D eigenvalue weighted by atomic mass is 32.1. The number of thiazole rings is 1. The molecule has 0 saturated heterocycles. The number of ether oxygens (including phenoxy) is 1. The van der Waals surface area contributed by atoms with Gasteiger partial charge in [0.2, 0.25) is 0 Å². The van der Waals surface area contributed by atoms with Crippen LogP contribution in [0.15, 0.2) is 41.9 Å². The average Bonchev–Trinajstić information content (AvgIpc) is 3.48. The first-order valence-electron chi connectivity index (χ1n) is 9.22. The van der Waals surface area contributed by atoms with Gasteiger partial charge in [0.1, 0.15) is 21.9 Å². The van der Waals surface area contributed by atoms with E-state index >= 15 is 0 Å². The molecule has 0 radical (unpaired) electrons. The molecular formula is C19H16N8O2S2. The quantitative estimate of drug-likeness (QED) is 0.409. The Bertz CT molecular complexity index is 1200. The molecule has 3 aromatic heterocycles. The summed E-state index contributed by atoms with van der Waals surface area (Å²) < 4.78 is 5.53. The molecule has 4 aromatic rings. The smallest absolute Gasteiger partial charge is 0.410 e. The number of H-pyrrole nitrogens is 1. The van der Waals surface area contributed by atoms with Gasteiger partial charge in [-0.1, -0.05) is 5.21 Å². The number of carbonyl (C=O) groups is 1. The minimum absolute atomic E-state index is 0.189. The van der Waals surface area contributed by atoms with Crippen LogP contribution in [-0.4, -0.2) is 48.5 Å². The number of anilines is 1. The van der Waals surface area contributed by atoms with Crippen LogP contribution in [0.2, 0.25) is 0 Å². The van der Waals surface area contributed by atoms with Crippen LogP contribution in [0, 0.1) is 11.3 Å². The summed E-state index contributed by atoms with van der Waals surface area (Å²) >= 11 is 6.02. The molecule has 1 atom stereocenters. The number of pyridine rings is 1. The molecule has 0 spiro atoms. The van der Waals surface area contributed by atoms with Crippen molar-refractivity contribution in [3.05, 3.63) is 53.3 Å². The Morgan fingerprint density at radius 2 is 2.13 bits per heavy atom. The van der Waals surface area contributed by atoms with Gasteiger partial charge < -0.3 is 4.74 Å². The maximum Gasteiger partial charge on any atom is 0.420 e. The highest BCUT2D eigenvalue weighted by molar-refractivity contribution is 7.81. The van der Waals surface area contributed by atoms with E-state index in [1.807, 2.05) is 12.1 Å². The second-order valence-electron chi connectivity index (χ2n) is 6.48. The molecule has 1 amide bonds. The highest BCUT2D eigenvalue weighted by Gasteiger charge is 2.23. The minimum Gasteiger partial charge on any atom is -0.410 e. The molecule has 0 aliphatic rings. The lowest BCUT2D eigenvalue weighted by molar-refractivity contribution is 0.207. The van der Waals surface area contributed by atoms with Crippen molar-refractivity contribution in [1.29, 1.82) is 5.26 Å². The summed E-state index contributed by atoms with van der Waals surface area (Å²) in [5, 5.41) is 22.6. The number of hydrogen-bond donors (Lipinski definition) is 2. The lowest BCUT2D eigenvalue weighted by atomic mass is 10.2. The third-order valence-electron chi connectivity index (χ3n) is 4.35. The number of nitrogens with zero attached hydrogens (tertiary/aromatic N) is 7. The second-order valence-corrected chi connectivity index (χ2v) is 8.04. The number of rotatable bonds is 7. The lowest BCUT2D eigenvalue weighted by Crippen LogP contribution is -2.38. The first-order valence-corrected chi connectivity index (χ1v) is 10.6. The Labute approximate surface area is 186 Å². The number of nitriles is 1. The molecule has 0 saturated carbocycles. The van der Waals surface area contributed by atoms with E-state index in [0.29, 0.717) is 35.8 Å². The van der Waals surface area contributed by atoms with Crippen LogP contribution < -0.4 is 9.64 Å². The minimum atomic E-state index is -0.598. The fourth-order valence-corrected chi connectivity index (χ4v) is 3.74. The van der Waals surface area contributed by atoms with Crippen molar-refractivity contribution < 1.29 is 9.53 Å². The van der Waals surface area contributed by atoms with Crippen molar-refractivity contribution in [1.82, 2.24) is 30.6 Å². The molecule has 3 heterocycles. The van der Waals surface area contributed by atoms with Gasteiger partial charge in [0.25, 0.3) is 0 Å². The Balaban J connectivity index is 1.53. The molecule has 0 aliphatic carbocycles. The van der Waals surface area contributed by atoms with Gasteiger partial charge in [-0.2, -0.15) is 23.1 Å². The standard InChI is InChI=1S/C19H16N8O2S2/c20-9-12-1-3-13(4-2-12)29-19(28)27(10-14(30)5-7-16-23-25-26-24-16)17-8-6-15-18(22-17)31-11-21-15/h1-4,6,8,11,14,30H,5,7,10H2,(H,23,24,25,26). The van der Waals surface area contributed by atoms with E-state index in [1.165, 1.54) is 16.2 Å². The molecule has 10 nitrogen and oxygen atoms in total. The van der Waals surface area contributed by atoms with Gasteiger partial charge >= 0.3 is 6.09 Å². The predicted octanol–water partition coefficient (Wildman–Crippen LogP) is 3.01. The average molecular weight is 453 g/mol. The zero-order valence-corrected chi connectivity index (χ0v) is 17.8. The number of thiol groups is 1. The molecule has 1 aromatic carbocycles. The zero-order chi connectivity index (χ0) is 21.6. The lowest BCUT2D eigenvalue weighted by Gasteiger charge is -2.24. The van der Waals surface area contributed by atoms with Gasteiger partial charge in [-0.15, -0.1) is 21.5 Å². The third kappa shape index (κ3) is 5.14. The maximum absolute atomic E-state index is 13.0. The molecule has 0 fully saturated rings. The van der Waals surface area contributed by atoms with E-state index in [9.17, 15) is 4.79 Å². The number of amides is 1. The van der Waals surface area contributed by atoms with Crippen molar-refractivity contribution in [2.75, 3.05) is 11.4 Å². The summed E-state index contributed by atoms with van der Waals surface area (Å²) in [5.41, 5.74) is 2.94. The Kier molecular flexibility index (Phi) is 6.34. The number of fused-ring (bicyclic) bond motifs is 1. The van der Waals surface area contributed by atoms with Crippen LogP contribution in [0.25, 0.3) is 10.3 Å². The van der Waals surface area contributed by atoms with E-state index in [1.54, 1.807) is 35.8 Å². The second kappa shape index (κ2) is 9.50. The van der Waals surface area contributed by atoms with Gasteiger partial charge in [-0.25, -0.2) is 14.8 Å². The van der Waals surface area contributed by atoms with Crippen molar-refractivity contribution in [2.45, 2.75) is 18.1 Å². The van der Waals surface area contributed by atoms with Crippen LogP contribution in [0.4, 0.5) is 10.6 Å². The molecule has 0 bridgehead atoms. The number of benzene rings is 1. The zero-order valence-electron chi connectivity index (χ0n) is 16.0. The first kappa shape index (κ1) is 20.7. The molecule has 156 valence electrons. The SMILES string of the molecule is N#Cc1ccc(OC(=O)N(CC(S)CCc2nn[nH]n2)c2ccc3ncsc3n2)cc1. The van der Waals surface area contributed by atoms with Gasteiger partial charge in [-0.05, 0) is 42.8 Å². The predicted molar refractivity (Wildman–Crippen MR) is 117 cm³/mol.